The number of benzene rings is 1. The Bertz CT molecular complexity index is 652. The van der Waals surface area contributed by atoms with E-state index in [1.807, 2.05) is 22.9 Å². The number of hydrogen-bond acceptors (Lipinski definition) is 4. The molecule has 1 aromatic heterocycles. The van der Waals surface area contributed by atoms with Gasteiger partial charge in [-0.3, -0.25) is 0 Å². The summed E-state index contributed by atoms with van der Waals surface area (Å²) in [7, 11) is 0. The number of ether oxygens (including phenoxy) is 1. The monoisotopic (exact) mass is 283 g/mol. The zero-order valence-electron chi connectivity index (χ0n) is 12.3. The normalized spacial score (nSPS) is 12.5. The predicted molar refractivity (Wildman–Crippen MR) is 77.8 cm³/mol. The smallest absolute Gasteiger partial charge is 0.338 e. The second-order valence-electron chi connectivity index (χ2n) is 5.40. The lowest BCUT2D eigenvalue weighted by molar-refractivity contribution is 0.0129. The fourth-order valence-corrected chi connectivity index (χ4v) is 1.65. The van der Waals surface area contributed by atoms with Crippen molar-refractivity contribution in [2.75, 3.05) is 0 Å². The summed E-state index contributed by atoms with van der Waals surface area (Å²) in [4.78, 5) is 16.0. The first kappa shape index (κ1) is 14.8. The molecule has 0 saturated heterocycles. The Hall–Kier alpha value is -2.61. The summed E-state index contributed by atoms with van der Waals surface area (Å²) in [5.74, 6) is -0.428. The van der Waals surface area contributed by atoms with Crippen LogP contribution in [0.1, 0.15) is 31.1 Å². The van der Waals surface area contributed by atoms with Gasteiger partial charge < -0.3 is 9.30 Å². The van der Waals surface area contributed by atoms with Crippen LogP contribution < -0.4 is 0 Å². The molecule has 1 atom stereocenters. The largest absolute Gasteiger partial charge is 0.457 e. The SMILES string of the molecule is C[C@@H](OC(=O)c1ccc(-n2ccnc2)cc1)C(C)(C)C#N. The summed E-state index contributed by atoms with van der Waals surface area (Å²) in [6, 6.07) is 9.17. The molecule has 21 heavy (non-hydrogen) atoms. The van der Waals surface area contributed by atoms with Gasteiger partial charge in [-0.25, -0.2) is 9.78 Å². The molecular formula is C16H17N3O2. The van der Waals surface area contributed by atoms with Crippen molar-refractivity contribution in [1.29, 1.82) is 5.26 Å². The van der Waals surface area contributed by atoms with Gasteiger partial charge in [0.15, 0.2) is 0 Å². The van der Waals surface area contributed by atoms with Crippen LogP contribution in [0.25, 0.3) is 5.69 Å². The Labute approximate surface area is 123 Å². The maximum absolute atomic E-state index is 12.1. The molecule has 0 aliphatic rings. The molecule has 1 heterocycles. The van der Waals surface area contributed by atoms with Crippen LogP contribution in [0.5, 0.6) is 0 Å². The lowest BCUT2D eigenvalue weighted by Crippen LogP contribution is -2.30. The number of nitriles is 1. The molecule has 0 amide bonds. The first-order chi connectivity index (χ1) is 9.94. The van der Waals surface area contributed by atoms with Crippen molar-refractivity contribution in [3.05, 3.63) is 48.5 Å². The van der Waals surface area contributed by atoms with Gasteiger partial charge in [0.25, 0.3) is 0 Å². The number of hydrogen-bond donors (Lipinski definition) is 0. The molecule has 2 rings (SSSR count). The van der Waals surface area contributed by atoms with E-state index in [9.17, 15) is 4.79 Å². The van der Waals surface area contributed by atoms with Crippen molar-refractivity contribution in [3.8, 4) is 11.8 Å². The van der Waals surface area contributed by atoms with Gasteiger partial charge >= 0.3 is 5.97 Å². The van der Waals surface area contributed by atoms with Gasteiger partial charge in [-0.05, 0) is 45.0 Å². The summed E-state index contributed by atoms with van der Waals surface area (Å²) in [6.45, 7) is 5.21. The van der Waals surface area contributed by atoms with Crippen LogP contribution in [-0.2, 0) is 4.74 Å². The first-order valence-electron chi connectivity index (χ1n) is 6.64. The van der Waals surface area contributed by atoms with Crippen LogP contribution in [0, 0.1) is 16.7 Å². The first-order valence-corrected chi connectivity index (χ1v) is 6.64. The Balaban J connectivity index is 2.09. The van der Waals surface area contributed by atoms with E-state index in [-0.39, 0.29) is 0 Å². The Morgan fingerprint density at radius 2 is 2.05 bits per heavy atom. The molecule has 0 radical (unpaired) electrons. The quantitative estimate of drug-likeness (QED) is 0.809. The highest BCUT2D eigenvalue weighted by Crippen LogP contribution is 2.23. The zero-order valence-corrected chi connectivity index (χ0v) is 12.3. The number of esters is 1. The number of aromatic nitrogens is 2. The second kappa shape index (κ2) is 5.80. The Morgan fingerprint density at radius 3 is 2.57 bits per heavy atom. The molecule has 0 fully saturated rings. The third-order valence-corrected chi connectivity index (χ3v) is 3.49. The second-order valence-corrected chi connectivity index (χ2v) is 5.40. The minimum absolute atomic E-state index is 0.428. The third kappa shape index (κ3) is 3.29. The van der Waals surface area contributed by atoms with Gasteiger partial charge in [-0.1, -0.05) is 0 Å². The van der Waals surface area contributed by atoms with E-state index in [0.717, 1.165) is 5.69 Å². The number of imidazole rings is 1. The molecule has 0 unspecified atom stereocenters. The maximum atomic E-state index is 12.1. The minimum Gasteiger partial charge on any atom is -0.457 e. The van der Waals surface area contributed by atoms with Crippen molar-refractivity contribution in [2.24, 2.45) is 5.41 Å². The summed E-state index contributed by atoms with van der Waals surface area (Å²) in [5.41, 5.74) is 0.653. The molecule has 1 aromatic carbocycles. The molecule has 5 heteroatoms. The van der Waals surface area contributed by atoms with Crippen LogP contribution in [0.4, 0.5) is 0 Å². The summed E-state index contributed by atoms with van der Waals surface area (Å²) >= 11 is 0. The highest BCUT2D eigenvalue weighted by molar-refractivity contribution is 5.89. The van der Waals surface area contributed by atoms with Gasteiger partial charge in [0, 0.05) is 18.1 Å². The highest BCUT2D eigenvalue weighted by atomic mass is 16.5. The summed E-state index contributed by atoms with van der Waals surface area (Å²) < 4.78 is 7.19. The van der Waals surface area contributed by atoms with Crippen molar-refractivity contribution in [1.82, 2.24) is 9.55 Å². The number of nitrogens with zero attached hydrogens (tertiary/aromatic N) is 3. The Morgan fingerprint density at radius 1 is 1.38 bits per heavy atom. The van der Waals surface area contributed by atoms with E-state index in [2.05, 4.69) is 11.1 Å². The van der Waals surface area contributed by atoms with E-state index in [4.69, 9.17) is 10.00 Å². The molecule has 2 aromatic rings. The predicted octanol–water partition coefficient (Wildman–Crippen LogP) is 2.97. The average Bonchev–Trinajstić information content (AvgIpc) is 3.01. The number of carbonyl (C=O) groups excluding carboxylic acids is 1. The van der Waals surface area contributed by atoms with Crippen molar-refractivity contribution >= 4 is 5.97 Å². The van der Waals surface area contributed by atoms with Gasteiger partial charge in [-0.15, -0.1) is 0 Å². The van der Waals surface area contributed by atoms with E-state index in [1.165, 1.54) is 0 Å². The Kier molecular flexibility index (Phi) is 4.08. The average molecular weight is 283 g/mol. The van der Waals surface area contributed by atoms with Crippen molar-refractivity contribution < 1.29 is 9.53 Å². The zero-order chi connectivity index (χ0) is 15.5. The van der Waals surface area contributed by atoms with Gasteiger partial charge in [0.1, 0.15) is 6.10 Å². The van der Waals surface area contributed by atoms with Crippen LogP contribution in [0.2, 0.25) is 0 Å². The topological polar surface area (TPSA) is 67.9 Å². The molecular weight excluding hydrogens is 266 g/mol. The lowest BCUT2D eigenvalue weighted by Gasteiger charge is -2.24. The van der Waals surface area contributed by atoms with Crippen LogP contribution in [-0.4, -0.2) is 21.6 Å². The molecule has 0 aliphatic heterocycles. The summed E-state index contributed by atoms with van der Waals surface area (Å²) in [5, 5.41) is 9.04. The van der Waals surface area contributed by atoms with E-state index in [1.54, 1.807) is 45.4 Å². The molecule has 108 valence electrons. The van der Waals surface area contributed by atoms with Crippen LogP contribution >= 0.6 is 0 Å². The lowest BCUT2D eigenvalue weighted by atomic mass is 9.89. The van der Waals surface area contributed by atoms with Crippen LogP contribution in [0.3, 0.4) is 0 Å². The fourth-order valence-electron chi connectivity index (χ4n) is 1.65. The standard InChI is InChI=1S/C16H17N3O2/c1-12(16(2,3)10-17)21-15(20)13-4-6-14(7-5-13)19-9-8-18-11-19/h4-9,11-12H,1-3H3/t12-/m1/s1. The molecule has 5 nitrogen and oxygen atoms in total. The van der Waals surface area contributed by atoms with Crippen molar-refractivity contribution in [3.63, 3.8) is 0 Å². The third-order valence-electron chi connectivity index (χ3n) is 3.49. The van der Waals surface area contributed by atoms with Crippen LogP contribution in [0.15, 0.2) is 43.0 Å². The van der Waals surface area contributed by atoms with Gasteiger partial charge in [0.2, 0.25) is 0 Å². The van der Waals surface area contributed by atoms with E-state index in [0.29, 0.717) is 5.56 Å². The molecule has 0 spiro atoms. The number of carbonyl (C=O) groups is 1. The minimum atomic E-state index is -0.716. The van der Waals surface area contributed by atoms with Crippen molar-refractivity contribution in [2.45, 2.75) is 26.9 Å². The molecule has 0 aliphatic carbocycles. The molecule has 0 saturated carbocycles. The van der Waals surface area contributed by atoms with E-state index < -0.39 is 17.5 Å². The molecule has 0 N–H and O–H groups in total. The fraction of sp³-hybridized carbons (Fsp3) is 0.312. The number of rotatable bonds is 4. The maximum Gasteiger partial charge on any atom is 0.338 e. The van der Waals surface area contributed by atoms with E-state index >= 15 is 0 Å². The summed E-state index contributed by atoms with van der Waals surface area (Å²) in [6.07, 6.45) is 4.71. The molecule has 0 bridgehead atoms. The van der Waals surface area contributed by atoms with Gasteiger partial charge in [-0.2, -0.15) is 5.26 Å². The highest BCUT2D eigenvalue weighted by Gasteiger charge is 2.29. The van der Waals surface area contributed by atoms with Gasteiger partial charge in [0.05, 0.1) is 23.4 Å².